The van der Waals surface area contributed by atoms with Crippen molar-refractivity contribution in [1.82, 2.24) is 4.90 Å². The van der Waals surface area contributed by atoms with E-state index in [1.807, 2.05) is 6.92 Å². The largest absolute Gasteiger partial charge is 0.468 e. The standard InChI is InChI=1S/C10H19NO5S/c1-3-4-11(5-10(13)16-2)8-6-17(14,15)7-9(8)12/h8-9,12H,3-7H2,1-2H3. The Morgan fingerprint density at radius 3 is 2.53 bits per heavy atom. The van der Waals surface area contributed by atoms with Crippen LogP contribution in [0.15, 0.2) is 0 Å². The van der Waals surface area contributed by atoms with Crippen LogP contribution >= 0.6 is 0 Å². The van der Waals surface area contributed by atoms with Gasteiger partial charge in [-0.05, 0) is 13.0 Å². The Morgan fingerprint density at radius 2 is 2.12 bits per heavy atom. The summed E-state index contributed by atoms with van der Waals surface area (Å²) in [7, 11) is -1.91. The number of rotatable bonds is 5. The second kappa shape index (κ2) is 5.79. The molecule has 0 aromatic rings. The second-order valence-electron chi connectivity index (χ2n) is 4.26. The molecule has 0 aromatic heterocycles. The van der Waals surface area contributed by atoms with Crippen molar-refractivity contribution in [3.8, 4) is 0 Å². The van der Waals surface area contributed by atoms with Crippen LogP contribution in [-0.2, 0) is 19.4 Å². The van der Waals surface area contributed by atoms with Gasteiger partial charge < -0.3 is 9.84 Å². The molecule has 1 fully saturated rings. The van der Waals surface area contributed by atoms with Crippen LogP contribution in [-0.4, -0.2) is 68.2 Å². The molecule has 1 saturated heterocycles. The predicted octanol–water partition coefficient (Wildman–Crippen LogP) is -0.971. The molecule has 100 valence electrons. The highest BCUT2D eigenvalue weighted by Gasteiger charge is 2.40. The average molecular weight is 265 g/mol. The van der Waals surface area contributed by atoms with Gasteiger partial charge in [0.25, 0.3) is 0 Å². The molecule has 2 unspecified atom stereocenters. The van der Waals surface area contributed by atoms with E-state index in [0.29, 0.717) is 6.54 Å². The molecule has 17 heavy (non-hydrogen) atoms. The molecule has 0 saturated carbocycles. The molecule has 1 aliphatic rings. The Hall–Kier alpha value is -0.660. The number of sulfone groups is 1. The third-order valence-electron chi connectivity index (χ3n) is 2.83. The normalized spacial score (nSPS) is 27.3. The summed E-state index contributed by atoms with van der Waals surface area (Å²) in [5.41, 5.74) is 0. The van der Waals surface area contributed by atoms with Crippen LogP contribution in [0.25, 0.3) is 0 Å². The maximum Gasteiger partial charge on any atom is 0.319 e. The van der Waals surface area contributed by atoms with E-state index < -0.39 is 28.0 Å². The lowest BCUT2D eigenvalue weighted by molar-refractivity contribution is -0.142. The number of hydrogen-bond acceptors (Lipinski definition) is 6. The molecular formula is C10H19NO5S. The van der Waals surface area contributed by atoms with E-state index in [9.17, 15) is 18.3 Å². The average Bonchev–Trinajstić information content (AvgIpc) is 2.51. The highest BCUT2D eigenvalue weighted by Crippen LogP contribution is 2.18. The zero-order valence-corrected chi connectivity index (χ0v) is 10.9. The molecule has 0 aliphatic carbocycles. The van der Waals surface area contributed by atoms with Crippen molar-refractivity contribution < 1.29 is 23.1 Å². The Balaban J connectivity index is 2.74. The zero-order valence-electron chi connectivity index (χ0n) is 10.1. The third kappa shape index (κ3) is 3.93. The Kier molecular flexibility index (Phi) is 4.91. The van der Waals surface area contributed by atoms with Gasteiger partial charge in [0.2, 0.25) is 0 Å². The third-order valence-corrected chi connectivity index (χ3v) is 4.53. The molecule has 0 bridgehead atoms. The molecular weight excluding hydrogens is 246 g/mol. The number of aliphatic hydroxyl groups is 1. The summed E-state index contributed by atoms with van der Waals surface area (Å²) in [6.45, 7) is 2.51. The lowest BCUT2D eigenvalue weighted by Crippen LogP contribution is -2.46. The first-order chi connectivity index (χ1) is 7.89. The number of methoxy groups -OCH3 is 1. The van der Waals surface area contributed by atoms with E-state index in [0.717, 1.165) is 6.42 Å². The van der Waals surface area contributed by atoms with Crippen LogP contribution in [0, 0.1) is 0 Å². The Morgan fingerprint density at radius 1 is 1.47 bits per heavy atom. The van der Waals surface area contributed by atoms with Gasteiger partial charge in [0.1, 0.15) is 0 Å². The number of aliphatic hydroxyl groups excluding tert-OH is 1. The van der Waals surface area contributed by atoms with E-state index in [-0.39, 0.29) is 18.1 Å². The first-order valence-corrected chi connectivity index (χ1v) is 7.41. The van der Waals surface area contributed by atoms with Crippen LogP contribution in [0.5, 0.6) is 0 Å². The van der Waals surface area contributed by atoms with E-state index in [2.05, 4.69) is 4.74 Å². The molecule has 1 heterocycles. The minimum absolute atomic E-state index is 0.0155. The topological polar surface area (TPSA) is 83.9 Å². The van der Waals surface area contributed by atoms with E-state index >= 15 is 0 Å². The minimum atomic E-state index is -3.19. The molecule has 2 atom stereocenters. The van der Waals surface area contributed by atoms with Crippen molar-refractivity contribution in [3.05, 3.63) is 0 Å². The van der Waals surface area contributed by atoms with Gasteiger partial charge in [0, 0.05) is 0 Å². The summed E-state index contributed by atoms with van der Waals surface area (Å²) in [4.78, 5) is 12.9. The van der Waals surface area contributed by atoms with Gasteiger partial charge in [-0.2, -0.15) is 0 Å². The number of carbonyl (C=O) groups excluding carboxylic acids is 1. The number of hydrogen-bond donors (Lipinski definition) is 1. The van der Waals surface area contributed by atoms with Crippen molar-refractivity contribution in [2.45, 2.75) is 25.5 Å². The highest BCUT2D eigenvalue weighted by molar-refractivity contribution is 7.91. The van der Waals surface area contributed by atoms with Crippen molar-refractivity contribution in [3.63, 3.8) is 0 Å². The summed E-state index contributed by atoms with van der Waals surface area (Å²) in [5, 5.41) is 9.73. The molecule has 7 heteroatoms. The van der Waals surface area contributed by atoms with Crippen molar-refractivity contribution in [1.29, 1.82) is 0 Å². The SMILES string of the molecule is CCCN(CC(=O)OC)C1CS(=O)(=O)CC1O. The molecule has 1 N–H and O–H groups in total. The monoisotopic (exact) mass is 265 g/mol. The van der Waals surface area contributed by atoms with E-state index in [1.165, 1.54) is 7.11 Å². The number of nitrogens with zero attached hydrogens (tertiary/aromatic N) is 1. The minimum Gasteiger partial charge on any atom is -0.468 e. The first kappa shape index (κ1) is 14.4. The summed E-state index contributed by atoms with van der Waals surface area (Å²) >= 11 is 0. The molecule has 0 amide bonds. The molecule has 0 aromatic carbocycles. The Bertz CT molecular complexity index is 367. The van der Waals surface area contributed by atoms with E-state index in [1.54, 1.807) is 4.90 Å². The van der Waals surface area contributed by atoms with Crippen LogP contribution in [0.1, 0.15) is 13.3 Å². The van der Waals surface area contributed by atoms with Gasteiger partial charge in [-0.1, -0.05) is 6.92 Å². The van der Waals surface area contributed by atoms with Gasteiger partial charge in [-0.15, -0.1) is 0 Å². The summed E-state index contributed by atoms with van der Waals surface area (Å²) < 4.78 is 27.4. The summed E-state index contributed by atoms with van der Waals surface area (Å²) in [5.74, 6) is -0.737. The van der Waals surface area contributed by atoms with Crippen LogP contribution in [0.4, 0.5) is 0 Å². The zero-order chi connectivity index (χ0) is 13.1. The molecule has 0 radical (unpaired) electrons. The van der Waals surface area contributed by atoms with E-state index in [4.69, 9.17) is 0 Å². The highest BCUT2D eigenvalue weighted by atomic mass is 32.2. The number of ether oxygens (including phenoxy) is 1. The Labute approximate surface area is 101 Å². The second-order valence-corrected chi connectivity index (χ2v) is 6.41. The summed E-state index contributed by atoms with van der Waals surface area (Å²) in [6.07, 6.45) is -0.142. The van der Waals surface area contributed by atoms with Gasteiger partial charge in [0.15, 0.2) is 9.84 Å². The fraction of sp³-hybridized carbons (Fsp3) is 0.900. The fourth-order valence-corrected chi connectivity index (χ4v) is 3.87. The van der Waals surface area contributed by atoms with Crippen molar-refractivity contribution in [2.75, 3.05) is 31.7 Å². The lowest BCUT2D eigenvalue weighted by atomic mass is 10.1. The molecule has 0 spiro atoms. The summed E-state index contributed by atoms with van der Waals surface area (Å²) in [6, 6.07) is -0.501. The molecule has 6 nitrogen and oxygen atoms in total. The van der Waals surface area contributed by atoms with Gasteiger partial charge in [0.05, 0.1) is 37.3 Å². The van der Waals surface area contributed by atoms with Gasteiger partial charge in [-0.3, -0.25) is 9.69 Å². The lowest BCUT2D eigenvalue weighted by Gasteiger charge is -2.28. The molecule has 1 rings (SSSR count). The van der Waals surface area contributed by atoms with Gasteiger partial charge in [-0.25, -0.2) is 8.42 Å². The van der Waals surface area contributed by atoms with Crippen LogP contribution in [0.3, 0.4) is 0 Å². The predicted molar refractivity (Wildman–Crippen MR) is 62.3 cm³/mol. The van der Waals surface area contributed by atoms with Crippen molar-refractivity contribution in [2.24, 2.45) is 0 Å². The quantitative estimate of drug-likeness (QED) is 0.644. The fourth-order valence-electron chi connectivity index (χ4n) is 2.04. The van der Waals surface area contributed by atoms with Crippen molar-refractivity contribution >= 4 is 15.8 Å². The number of carbonyl (C=O) groups is 1. The smallest absolute Gasteiger partial charge is 0.319 e. The van der Waals surface area contributed by atoms with Crippen LogP contribution in [0.2, 0.25) is 0 Å². The maximum atomic E-state index is 11.4. The number of esters is 1. The maximum absolute atomic E-state index is 11.4. The molecule has 1 aliphatic heterocycles. The van der Waals surface area contributed by atoms with Gasteiger partial charge >= 0.3 is 5.97 Å². The first-order valence-electron chi connectivity index (χ1n) is 5.59. The van der Waals surface area contributed by atoms with Crippen LogP contribution < -0.4 is 0 Å².